The van der Waals surface area contributed by atoms with Crippen LogP contribution in [0.2, 0.25) is 0 Å². The van der Waals surface area contributed by atoms with Crippen LogP contribution in [0.15, 0.2) is 150 Å². The van der Waals surface area contributed by atoms with E-state index < -0.39 is 0 Å². The molecule has 11 rings (SSSR count). The quantitative estimate of drug-likeness (QED) is 0.164. The summed E-state index contributed by atoms with van der Waals surface area (Å²) in [5.74, 6) is 0. The van der Waals surface area contributed by atoms with E-state index in [1.165, 1.54) is 92.2 Å². The van der Waals surface area contributed by atoms with Crippen LogP contribution in [0, 0.1) is 0 Å². The Balaban J connectivity index is 1.31. The van der Waals surface area contributed by atoms with E-state index in [4.69, 9.17) is 0 Å². The first-order chi connectivity index (χ1) is 22.7. The molecule has 2 aromatic heterocycles. The van der Waals surface area contributed by atoms with Gasteiger partial charge in [-0.3, -0.25) is 0 Å². The highest BCUT2D eigenvalue weighted by Crippen LogP contribution is 2.63. The smallest absolute Gasteiger partial charge is 0.0726 e. The van der Waals surface area contributed by atoms with Crippen molar-refractivity contribution in [3.8, 4) is 27.9 Å². The third-order valence-electron chi connectivity index (χ3n) is 10.5. The van der Waals surface area contributed by atoms with Crippen molar-refractivity contribution >= 4 is 69.2 Å². The Morgan fingerprint density at radius 3 is 1.76 bits per heavy atom. The van der Waals surface area contributed by atoms with Crippen LogP contribution >= 0.6 is 27.3 Å². The van der Waals surface area contributed by atoms with Crippen molar-refractivity contribution in [2.24, 2.45) is 0 Å². The van der Waals surface area contributed by atoms with Crippen LogP contribution in [0.4, 0.5) is 0 Å². The predicted molar refractivity (Wildman–Crippen MR) is 198 cm³/mol. The molecule has 1 nitrogen and oxygen atoms in total. The lowest BCUT2D eigenvalue weighted by molar-refractivity contribution is 0.792. The van der Waals surface area contributed by atoms with Gasteiger partial charge in [0.05, 0.1) is 21.1 Å². The zero-order valence-electron chi connectivity index (χ0n) is 24.6. The maximum Gasteiger partial charge on any atom is 0.0726 e. The Bertz CT molecular complexity index is 2720. The molecule has 2 heterocycles. The van der Waals surface area contributed by atoms with Crippen molar-refractivity contribution in [1.29, 1.82) is 0 Å². The minimum Gasteiger partial charge on any atom is -0.309 e. The minimum absolute atomic E-state index is 0.374. The second kappa shape index (κ2) is 8.85. The second-order valence-electron chi connectivity index (χ2n) is 12.5. The van der Waals surface area contributed by atoms with Gasteiger partial charge in [-0.15, -0.1) is 11.3 Å². The first kappa shape index (κ1) is 25.3. The van der Waals surface area contributed by atoms with Gasteiger partial charge in [0.2, 0.25) is 0 Å². The first-order valence-corrected chi connectivity index (χ1v) is 17.3. The number of benzene rings is 7. The average Bonchev–Trinajstić information content (AvgIpc) is 3.82. The molecule has 0 saturated carbocycles. The molecule has 0 atom stereocenters. The van der Waals surface area contributed by atoms with Crippen LogP contribution in [0.5, 0.6) is 0 Å². The number of fused-ring (bicyclic) bond motifs is 17. The van der Waals surface area contributed by atoms with E-state index in [-0.39, 0.29) is 5.41 Å². The highest BCUT2D eigenvalue weighted by Gasteiger charge is 2.51. The lowest BCUT2D eigenvalue weighted by atomic mass is 9.70. The Hall–Kier alpha value is -4.96. The van der Waals surface area contributed by atoms with Crippen LogP contribution < -0.4 is 0 Å². The van der Waals surface area contributed by atoms with Crippen LogP contribution in [-0.2, 0) is 5.41 Å². The normalized spacial score (nSPS) is 13.9. The maximum atomic E-state index is 3.98. The Kier molecular flexibility index (Phi) is 4.86. The summed E-state index contributed by atoms with van der Waals surface area (Å²) in [6, 6.07) is 54.4. The van der Waals surface area contributed by atoms with E-state index in [0.717, 1.165) is 4.47 Å². The number of thiophene rings is 1. The van der Waals surface area contributed by atoms with Crippen molar-refractivity contribution < 1.29 is 0 Å². The fraction of sp³-hybridized carbons (Fsp3) is 0.0233. The van der Waals surface area contributed by atoms with Gasteiger partial charge in [-0.2, -0.15) is 0 Å². The lowest BCUT2D eigenvalue weighted by Gasteiger charge is -2.30. The van der Waals surface area contributed by atoms with E-state index in [1.54, 1.807) is 0 Å². The summed E-state index contributed by atoms with van der Waals surface area (Å²) < 4.78 is 6.29. The standard InChI is InChI=1S/C43H24BrNS/c44-37-24-32-30-14-4-9-19-38(30)45(41(32)40-31-15-5-10-20-39(31)46-42(37)40)25-21-22-29-28-13-3-8-18-35(28)43(36(29)23-25)33-16-6-1-11-26(33)27-12-2-7-17-34(27)43/h1-24H. The molecular weight excluding hydrogens is 642 g/mol. The second-order valence-corrected chi connectivity index (χ2v) is 14.4. The average molecular weight is 667 g/mol. The first-order valence-electron chi connectivity index (χ1n) is 15.7. The molecule has 0 aliphatic heterocycles. The number of rotatable bonds is 1. The van der Waals surface area contributed by atoms with Crippen LogP contribution in [0.25, 0.3) is 69.9 Å². The van der Waals surface area contributed by atoms with Crippen molar-refractivity contribution in [3.63, 3.8) is 0 Å². The highest BCUT2D eigenvalue weighted by molar-refractivity contribution is 9.10. The minimum atomic E-state index is -0.374. The van der Waals surface area contributed by atoms with Gasteiger partial charge in [0.1, 0.15) is 0 Å². The molecule has 2 aliphatic carbocycles. The number of hydrogen-bond acceptors (Lipinski definition) is 1. The zero-order valence-corrected chi connectivity index (χ0v) is 27.0. The van der Waals surface area contributed by atoms with Crippen LogP contribution in [0.3, 0.4) is 0 Å². The number of hydrogen-bond donors (Lipinski definition) is 0. The fourth-order valence-electron chi connectivity index (χ4n) is 8.79. The van der Waals surface area contributed by atoms with E-state index in [1.807, 2.05) is 11.3 Å². The molecule has 2 aliphatic rings. The molecule has 214 valence electrons. The third-order valence-corrected chi connectivity index (χ3v) is 12.6. The zero-order chi connectivity index (χ0) is 30.1. The molecule has 0 radical (unpaired) electrons. The summed E-state index contributed by atoms with van der Waals surface area (Å²) in [5, 5.41) is 5.16. The Labute approximate surface area is 278 Å². The third kappa shape index (κ3) is 2.92. The molecule has 9 aromatic rings. The van der Waals surface area contributed by atoms with Crippen LogP contribution in [0.1, 0.15) is 22.3 Å². The molecule has 3 heteroatoms. The SMILES string of the molecule is Brc1cc2c3ccccc3n(-c3ccc4c(c3)C3(c5ccccc5-c5ccccc53)c3ccccc3-4)c2c2c1sc1ccccc12. The summed E-state index contributed by atoms with van der Waals surface area (Å²) in [6.07, 6.45) is 0. The molecular formula is C43H24BrNS. The summed E-state index contributed by atoms with van der Waals surface area (Å²) in [4.78, 5) is 0. The van der Waals surface area contributed by atoms with E-state index in [9.17, 15) is 0 Å². The van der Waals surface area contributed by atoms with E-state index >= 15 is 0 Å². The largest absolute Gasteiger partial charge is 0.309 e. The van der Waals surface area contributed by atoms with Gasteiger partial charge in [-0.05, 0) is 90.8 Å². The molecule has 0 fully saturated rings. The maximum absolute atomic E-state index is 3.98. The van der Waals surface area contributed by atoms with Gasteiger partial charge in [-0.1, -0.05) is 115 Å². The van der Waals surface area contributed by atoms with E-state index in [2.05, 4.69) is 166 Å². The van der Waals surface area contributed by atoms with Gasteiger partial charge >= 0.3 is 0 Å². The molecule has 0 amide bonds. The number of nitrogens with zero attached hydrogens (tertiary/aromatic N) is 1. The molecule has 7 aromatic carbocycles. The monoisotopic (exact) mass is 665 g/mol. The molecule has 46 heavy (non-hydrogen) atoms. The molecule has 0 N–H and O–H groups in total. The lowest BCUT2D eigenvalue weighted by Crippen LogP contribution is -2.26. The fourth-order valence-corrected chi connectivity index (χ4v) is 10.6. The van der Waals surface area contributed by atoms with E-state index in [0.29, 0.717) is 0 Å². The topological polar surface area (TPSA) is 4.93 Å². The Morgan fingerprint density at radius 1 is 0.500 bits per heavy atom. The number of para-hydroxylation sites is 1. The summed E-state index contributed by atoms with van der Waals surface area (Å²) in [7, 11) is 0. The van der Waals surface area contributed by atoms with Crippen LogP contribution in [-0.4, -0.2) is 4.57 Å². The Morgan fingerprint density at radius 2 is 1.07 bits per heavy atom. The van der Waals surface area contributed by atoms with Gasteiger partial charge < -0.3 is 4.57 Å². The van der Waals surface area contributed by atoms with Gasteiger partial charge in [-0.25, -0.2) is 0 Å². The summed E-state index contributed by atoms with van der Waals surface area (Å²) in [6.45, 7) is 0. The summed E-state index contributed by atoms with van der Waals surface area (Å²) >= 11 is 5.85. The highest BCUT2D eigenvalue weighted by atomic mass is 79.9. The molecule has 1 spiro atoms. The van der Waals surface area contributed by atoms with Crippen molar-refractivity contribution in [2.75, 3.05) is 0 Å². The number of aromatic nitrogens is 1. The molecule has 0 bridgehead atoms. The van der Waals surface area contributed by atoms with Crippen molar-refractivity contribution in [3.05, 3.63) is 172 Å². The van der Waals surface area contributed by atoms with Crippen molar-refractivity contribution in [1.82, 2.24) is 4.57 Å². The summed E-state index contributed by atoms with van der Waals surface area (Å²) in [5.41, 5.74) is 14.1. The molecule has 0 saturated heterocycles. The van der Waals surface area contributed by atoms with Gasteiger partial charge in [0.15, 0.2) is 0 Å². The number of halogens is 1. The predicted octanol–water partition coefficient (Wildman–Crippen LogP) is 12.3. The molecule has 0 unspecified atom stereocenters. The van der Waals surface area contributed by atoms with Gasteiger partial charge in [0.25, 0.3) is 0 Å². The van der Waals surface area contributed by atoms with Gasteiger partial charge in [0, 0.05) is 36.4 Å². The van der Waals surface area contributed by atoms with Crippen molar-refractivity contribution in [2.45, 2.75) is 5.41 Å².